The van der Waals surface area contributed by atoms with E-state index in [9.17, 15) is 4.79 Å². The van der Waals surface area contributed by atoms with E-state index in [1.54, 1.807) is 0 Å². The van der Waals surface area contributed by atoms with Crippen LogP contribution < -0.4 is 5.32 Å². The summed E-state index contributed by atoms with van der Waals surface area (Å²) < 4.78 is 1.97. The summed E-state index contributed by atoms with van der Waals surface area (Å²) in [7, 11) is 0. The molecule has 172 valence electrons. The number of para-hydroxylation sites is 1. The van der Waals surface area contributed by atoms with Crippen LogP contribution in [0.3, 0.4) is 0 Å². The number of fused-ring (bicyclic) bond motifs is 3. The van der Waals surface area contributed by atoms with Crippen LogP contribution >= 0.6 is 0 Å². The zero-order chi connectivity index (χ0) is 23.0. The number of amides is 1. The number of nitrogens with zero attached hydrogens (tertiary/aromatic N) is 4. The van der Waals surface area contributed by atoms with Gasteiger partial charge in [0.25, 0.3) is 0 Å². The Morgan fingerprint density at radius 3 is 2.52 bits per heavy atom. The molecular formula is C27H33N5O. The number of hydrogen-bond acceptors (Lipinski definition) is 4. The van der Waals surface area contributed by atoms with Crippen LogP contribution in [0.1, 0.15) is 39.2 Å². The fourth-order valence-corrected chi connectivity index (χ4v) is 5.26. The van der Waals surface area contributed by atoms with Crippen LogP contribution in [0.2, 0.25) is 0 Å². The van der Waals surface area contributed by atoms with Crippen molar-refractivity contribution in [3.8, 4) is 11.3 Å². The molecule has 3 aliphatic heterocycles. The van der Waals surface area contributed by atoms with Gasteiger partial charge in [0.15, 0.2) is 0 Å². The zero-order valence-corrected chi connectivity index (χ0v) is 19.7. The maximum absolute atomic E-state index is 12.9. The van der Waals surface area contributed by atoms with E-state index in [-0.39, 0.29) is 17.2 Å². The van der Waals surface area contributed by atoms with Crippen LogP contribution in [0.25, 0.3) is 11.3 Å². The van der Waals surface area contributed by atoms with Gasteiger partial charge in [-0.3, -0.25) is 14.4 Å². The molecule has 3 saturated heterocycles. The van der Waals surface area contributed by atoms with Crippen LogP contribution in [0.4, 0.5) is 5.69 Å². The Kier molecular flexibility index (Phi) is 5.79. The van der Waals surface area contributed by atoms with Gasteiger partial charge in [-0.2, -0.15) is 0 Å². The van der Waals surface area contributed by atoms with Crippen molar-refractivity contribution in [2.24, 2.45) is 11.8 Å². The molecular weight excluding hydrogens is 410 g/mol. The lowest BCUT2D eigenvalue weighted by Crippen LogP contribution is -2.57. The Morgan fingerprint density at radius 1 is 1.09 bits per heavy atom. The van der Waals surface area contributed by atoms with E-state index in [0.29, 0.717) is 12.0 Å². The molecule has 33 heavy (non-hydrogen) atoms. The third-order valence-corrected chi connectivity index (χ3v) is 7.24. The maximum atomic E-state index is 12.9. The van der Waals surface area contributed by atoms with E-state index >= 15 is 0 Å². The summed E-state index contributed by atoms with van der Waals surface area (Å²) in [6, 6.07) is 18.8. The van der Waals surface area contributed by atoms with Crippen molar-refractivity contribution in [2.75, 3.05) is 18.4 Å². The lowest BCUT2D eigenvalue weighted by molar-refractivity contribution is -0.127. The number of hydrogen-bond donors (Lipinski definition) is 1. The average Bonchev–Trinajstić information content (AvgIpc) is 3.28. The number of nitrogens with one attached hydrogen (secondary N) is 1. The molecule has 3 aromatic rings. The highest BCUT2D eigenvalue weighted by atomic mass is 16.2. The minimum atomic E-state index is 0.0582. The monoisotopic (exact) mass is 443 g/mol. The summed E-state index contributed by atoms with van der Waals surface area (Å²) in [4.78, 5) is 15.4. The minimum absolute atomic E-state index is 0.0582. The molecule has 0 saturated carbocycles. The summed E-state index contributed by atoms with van der Waals surface area (Å²) in [5.74, 6) is 0.635. The standard InChI is InChI=1S/C27H33N5O/c1-27(2,3)21-11-9-19(10-12-21)25-18-32(30-29-25)16-23-15-20-13-14-31(23)17-24(20)26(33)28-22-7-5-4-6-8-22/h4-12,18,20,23-24H,13-17H2,1-3H3,(H,28,33)/t20-,23-,24-/m0/s1. The Balaban J connectivity index is 1.21. The van der Waals surface area contributed by atoms with E-state index in [1.807, 2.05) is 35.0 Å². The molecule has 0 aliphatic carbocycles. The van der Waals surface area contributed by atoms with Crippen LogP contribution in [-0.2, 0) is 16.8 Å². The van der Waals surface area contributed by atoms with E-state index in [0.717, 1.165) is 49.4 Å². The predicted molar refractivity (Wildman–Crippen MR) is 131 cm³/mol. The number of benzene rings is 2. The molecule has 6 nitrogen and oxygen atoms in total. The van der Waals surface area contributed by atoms with E-state index < -0.39 is 0 Å². The number of carbonyl (C=O) groups is 1. The number of piperidine rings is 3. The lowest BCUT2D eigenvalue weighted by atomic mass is 9.75. The molecule has 0 radical (unpaired) electrons. The highest BCUT2D eigenvalue weighted by Crippen LogP contribution is 2.37. The van der Waals surface area contributed by atoms with Gasteiger partial charge in [-0.15, -0.1) is 5.10 Å². The summed E-state index contributed by atoms with van der Waals surface area (Å²) in [5.41, 5.74) is 4.33. The van der Waals surface area contributed by atoms with Gasteiger partial charge in [-0.05, 0) is 48.4 Å². The van der Waals surface area contributed by atoms with E-state index in [2.05, 4.69) is 71.8 Å². The third-order valence-electron chi connectivity index (χ3n) is 7.24. The van der Waals surface area contributed by atoms with Gasteiger partial charge >= 0.3 is 0 Å². The number of aromatic nitrogens is 3. The van der Waals surface area contributed by atoms with E-state index in [4.69, 9.17) is 0 Å². The first-order chi connectivity index (χ1) is 15.9. The first-order valence-corrected chi connectivity index (χ1v) is 12.0. The third kappa shape index (κ3) is 4.71. The maximum Gasteiger partial charge on any atom is 0.229 e. The number of rotatable bonds is 5. The Bertz CT molecular complexity index is 1100. The van der Waals surface area contributed by atoms with Crippen LogP contribution in [0.5, 0.6) is 0 Å². The van der Waals surface area contributed by atoms with Gasteiger partial charge < -0.3 is 5.32 Å². The molecule has 1 unspecified atom stereocenters. The normalized spacial score (nSPS) is 24.6. The molecule has 1 amide bonds. The Hall–Kier alpha value is -2.99. The molecule has 1 N–H and O–H groups in total. The van der Waals surface area contributed by atoms with Gasteiger partial charge in [0, 0.05) is 23.8 Å². The summed E-state index contributed by atoms with van der Waals surface area (Å²) in [6.07, 6.45) is 4.17. The van der Waals surface area contributed by atoms with Crippen LogP contribution in [0.15, 0.2) is 60.8 Å². The molecule has 2 bridgehead atoms. The fraction of sp³-hybridized carbons (Fsp3) is 0.444. The first-order valence-electron chi connectivity index (χ1n) is 12.0. The van der Waals surface area contributed by atoms with Crippen molar-refractivity contribution in [1.29, 1.82) is 0 Å². The zero-order valence-electron chi connectivity index (χ0n) is 19.7. The van der Waals surface area contributed by atoms with Gasteiger partial charge in [0.2, 0.25) is 5.91 Å². The van der Waals surface area contributed by atoms with Crippen LogP contribution in [0, 0.1) is 11.8 Å². The molecule has 4 atom stereocenters. The van der Waals surface area contributed by atoms with Gasteiger partial charge in [-0.1, -0.05) is 68.4 Å². The SMILES string of the molecule is CC(C)(C)c1ccc(-c2cn(C[C@@H]3C[C@@H]4CCN3C[C@@H]4C(=O)Nc3ccccc3)nn2)cc1. The van der Waals surface area contributed by atoms with Crippen molar-refractivity contribution >= 4 is 11.6 Å². The second-order valence-corrected chi connectivity index (χ2v) is 10.5. The van der Waals surface area contributed by atoms with Crippen molar-refractivity contribution in [3.63, 3.8) is 0 Å². The van der Waals surface area contributed by atoms with Crippen molar-refractivity contribution < 1.29 is 4.79 Å². The summed E-state index contributed by atoms with van der Waals surface area (Å²) >= 11 is 0. The topological polar surface area (TPSA) is 63.1 Å². The fourth-order valence-electron chi connectivity index (χ4n) is 5.26. The molecule has 6 heteroatoms. The van der Waals surface area contributed by atoms with Crippen LogP contribution in [-0.4, -0.2) is 44.9 Å². The van der Waals surface area contributed by atoms with E-state index in [1.165, 1.54) is 5.56 Å². The highest BCUT2D eigenvalue weighted by Gasteiger charge is 2.43. The van der Waals surface area contributed by atoms with Gasteiger partial charge in [0.05, 0.1) is 18.7 Å². The average molecular weight is 444 g/mol. The summed E-state index contributed by atoms with van der Waals surface area (Å²) in [6.45, 7) is 9.37. The van der Waals surface area contributed by atoms with Crippen molar-refractivity contribution in [1.82, 2.24) is 19.9 Å². The van der Waals surface area contributed by atoms with Crippen molar-refractivity contribution in [2.45, 2.75) is 51.6 Å². The number of anilines is 1. The predicted octanol–water partition coefficient (Wildman–Crippen LogP) is 4.59. The molecule has 2 aromatic carbocycles. The minimum Gasteiger partial charge on any atom is -0.326 e. The molecule has 3 aliphatic rings. The van der Waals surface area contributed by atoms with Crippen molar-refractivity contribution in [3.05, 3.63) is 66.4 Å². The Labute approximate surface area is 196 Å². The smallest absolute Gasteiger partial charge is 0.229 e. The molecule has 3 fully saturated rings. The first kappa shape index (κ1) is 21.8. The van der Waals surface area contributed by atoms with Gasteiger partial charge in [0.1, 0.15) is 5.69 Å². The quantitative estimate of drug-likeness (QED) is 0.626. The summed E-state index contributed by atoms with van der Waals surface area (Å²) in [5, 5.41) is 11.9. The molecule has 6 rings (SSSR count). The second kappa shape index (κ2) is 8.75. The lowest BCUT2D eigenvalue weighted by Gasteiger charge is -2.49. The van der Waals surface area contributed by atoms with Gasteiger partial charge in [-0.25, -0.2) is 0 Å². The Morgan fingerprint density at radius 2 is 1.85 bits per heavy atom. The molecule has 4 heterocycles. The highest BCUT2D eigenvalue weighted by molar-refractivity contribution is 5.93. The largest absolute Gasteiger partial charge is 0.326 e. The molecule has 0 spiro atoms. The number of carbonyl (C=O) groups excluding carboxylic acids is 1. The second-order valence-electron chi connectivity index (χ2n) is 10.5. The molecule has 1 aromatic heterocycles.